The van der Waals surface area contributed by atoms with Gasteiger partial charge in [0.1, 0.15) is 6.04 Å². The second-order valence-corrected chi connectivity index (χ2v) is 13.1. The third-order valence-electron chi connectivity index (χ3n) is 8.98. The van der Waals surface area contributed by atoms with E-state index in [1.807, 2.05) is 61.7 Å². The largest absolute Gasteiger partial charge is 0.493 e. The number of benzene rings is 2. The molecule has 0 aliphatic heterocycles. The van der Waals surface area contributed by atoms with Crippen molar-refractivity contribution in [1.29, 1.82) is 0 Å². The number of methoxy groups -OCH3 is 3. The first-order chi connectivity index (χ1) is 23.7. The van der Waals surface area contributed by atoms with Crippen LogP contribution in [0.4, 0.5) is 5.69 Å². The lowest BCUT2D eigenvalue weighted by Crippen LogP contribution is -2.45. The fraction of sp³-hybridized carbons (Fsp3) is 0.368. The summed E-state index contributed by atoms with van der Waals surface area (Å²) in [6.45, 7) is 5.88. The second kappa shape index (κ2) is 16.0. The van der Waals surface area contributed by atoms with Crippen LogP contribution in [-0.2, 0) is 22.4 Å². The average Bonchev–Trinajstić information content (AvgIpc) is 3.46. The van der Waals surface area contributed by atoms with Gasteiger partial charge in [0.15, 0.2) is 11.5 Å². The number of amides is 2. The van der Waals surface area contributed by atoms with Gasteiger partial charge in [-0.05, 0) is 53.6 Å². The summed E-state index contributed by atoms with van der Waals surface area (Å²) in [6.07, 6.45) is 2.46. The van der Waals surface area contributed by atoms with Crippen LogP contribution in [0.25, 0.3) is 22.4 Å². The monoisotopic (exact) mass is 684 g/mol. The number of anilines is 1. The standard InChI is InChI=1S/C38H44N4O6S/c1-7-22(2)35(38(45)39-18-17-33-41-30(21-49-33)24-11-9-8-10-12-24)42-29-16-14-26-27(20-31(29)44)28(40-23(3)43)15-13-25-19-32(46-4)36(47-5)37(48-6)34(25)26/h8-12,14,16,19-22,28,35H,7,13,15,17-18H2,1-6H3,(H,39,45)(H,40,43)(H,42,44)/t22-,28+,35+/m0/s1. The Balaban J connectivity index is 1.45. The van der Waals surface area contributed by atoms with Gasteiger partial charge in [0.25, 0.3) is 0 Å². The van der Waals surface area contributed by atoms with Crippen molar-refractivity contribution in [2.75, 3.05) is 33.2 Å². The summed E-state index contributed by atoms with van der Waals surface area (Å²) in [6, 6.07) is 15.9. The van der Waals surface area contributed by atoms with Crippen LogP contribution in [-0.4, -0.2) is 50.7 Å². The molecule has 1 aromatic heterocycles. The molecular weight excluding hydrogens is 641 g/mol. The lowest BCUT2D eigenvalue weighted by atomic mass is 9.95. The van der Waals surface area contributed by atoms with Crippen molar-refractivity contribution in [2.45, 2.75) is 58.5 Å². The quantitative estimate of drug-likeness (QED) is 0.153. The van der Waals surface area contributed by atoms with Crippen molar-refractivity contribution in [3.8, 4) is 39.6 Å². The lowest BCUT2D eigenvalue weighted by Gasteiger charge is -2.24. The van der Waals surface area contributed by atoms with Crippen molar-refractivity contribution in [2.24, 2.45) is 5.92 Å². The highest BCUT2D eigenvalue weighted by Crippen LogP contribution is 2.50. The number of thiazole rings is 1. The highest BCUT2D eigenvalue weighted by molar-refractivity contribution is 7.09. The topological polar surface area (TPSA) is 128 Å². The van der Waals surface area contributed by atoms with Crippen molar-refractivity contribution in [1.82, 2.24) is 15.6 Å². The summed E-state index contributed by atoms with van der Waals surface area (Å²) in [5, 5.41) is 12.3. The van der Waals surface area contributed by atoms with Gasteiger partial charge in [-0.25, -0.2) is 4.98 Å². The maximum Gasteiger partial charge on any atom is 0.242 e. The van der Waals surface area contributed by atoms with Crippen LogP contribution in [0, 0.1) is 5.92 Å². The van der Waals surface area contributed by atoms with Crippen molar-refractivity contribution in [3.63, 3.8) is 0 Å². The Bertz CT molecular complexity index is 1860. The molecule has 3 N–H and O–H groups in total. The Morgan fingerprint density at radius 3 is 2.45 bits per heavy atom. The average molecular weight is 685 g/mol. The van der Waals surface area contributed by atoms with Crippen LogP contribution < -0.4 is 35.6 Å². The molecule has 4 aromatic rings. The SMILES string of the molecule is CC[C@H](C)[C@@H](Nc1ccc2c(cc1=O)[C@H](NC(C)=O)CCc1cc(OC)c(OC)c(OC)c1-2)C(=O)NCCc1nc(-c2ccccc2)cs1. The molecule has 49 heavy (non-hydrogen) atoms. The molecule has 3 atom stereocenters. The van der Waals surface area contributed by atoms with Crippen molar-refractivity contribution < 1.29 is 23.8 Å². The molecule has 0 radical (unpaired) electrons. The first kappa shape index (κ1) is 35.4. The number of nitrogens with zero attached hydrogens (tertiary/aromatic N) is 1. The smallest absolute Gasteiger partial charge is 0.242 e. The summed E-state index contributed by atoms with van der Waals surface area (Å²) < 4.78 is 17.2. The van der Waals surface area contributed by atoms with E-state index in [1.54, 1.807) is 44.8 Å². The molecule has 0 saturated carbocycles. The van der Waals surface area contributed by atoms with Gasteiger partial charge >= 0.3 is 0 Å². The van der Waals surface area contributed by atoms with Crippen molar-refractivity contribution >= 4 is 28.8 Å². The number of rotatable bonds is 13. The predicted octanol–water partition coefficient (Wildman–Crippen LogP) is 6.17. The minimum absolute atomic E-state index is 0.0723. The van der Waals surface area contributed by atoms with Gasteiger partial charge in [-0.2, -0.15) is 0 Å². The number of carbonyl (C=O) groups is 2. The molecule has 258 valence electrons. The lowest BCUT2D eigenvalue weighted by molar-refractivity contribution is -0.123. The maximum absolute atomic E-state index is 13.9. The molecule has 1 heterocycles. The number of ether oxygens (including phenoxy) is 3. The number of hydrogen-bond donors (Lipinski definition) is 3. The molecule has 11 heteroatoms. The Hall–Kier alpha value is -4.90. The predicted molar refractivity (Wildman–Crippen MR) is 194 cm³/mol. The van der Waals surface area contributed by atoms with Crippen LogP contribution in [0.5, 0.6) is 17.2 Å². The number of fused-ring (bicyclic) bond motifs is 3. The van der Waals surface area contributed by atoms with E-state index in [2.05, 4.69) is 16.0 Å². The molecular formula is C38H44N4O6S. The van der Waals surface area contributed by atoms with Crippen LogP contribution in [0.3, 0.4) is 0 Å². The fourth-order valence-corrected chi connectivity index (χ4v) is 7.07. The Morgan fingerprint density at radius 1 is 1.02 bits per heavy atom. The highest BCUT2D eigenvalue weighted by Gasteiger charge is 2.30. The van der Waals surface area contributed by atoms with Gasteiger partial charge in [0.2, 0.25) is 23.0 Å². The molecule has 0 bridgehead atoms. The number of hydrogen-bond acceptors (Lipinski definition) is 9. The van der Waals surface area contributed by atoms with Gasteiger partial charge in [0, 0.05) is 36.4 Å². The van der Waals surface area contributed by atoms with Crippen LogP contribution in [0.2, 0.25) is 0 Å². The molecule has 0 unspecified atom stereocenters. The third kappa shape index (κ3) is 7.88. The number of nitrogens with one attached hydrogen (secondary N) is 3. The summed E-state index contributed by atoms with van der Waals surface area (Å²) in [5.74, 6) is 0.964. The molecule has 0 saturated heterocycles. The zero-order valence-electron chi connectivity index (χ0n) is 28.8. The molecule has 10 nitrogen and oxygen atoms in total. The third-order valence-corrected chi connectivity index (χ3v) is 9.89. The Labute approximate surface area is 291 Å². The fourth-order valence-electron chi connectivity index (χ4n) is 6.27. The minimum atomic E-state index is -0.659. The number of aromatic nitrogens is 1. The zero-order chi connectivity index (χ0) is 35.1. The van der Waals surface area contributed by atoms with E-state index in [9.17, 15) is 14.4 Å². The van der Waals surface area contributed by atoms with E-state index in [0.29, 0.717) is 48.6 Å². The first-order valence-electron chi connectivity index (χ1n) is 16.5. The number of aryl methyl sites for hydroxylation is 1. The second-order valence-electron chi connectivity index (χ2n) is 12.1. The normalized spacial score (nSPS) is 14.7. The molecule has 5 rings (SSSR count). The Kier molecular flexibility index (Phi) is 11.6. The molecule has 0 spiro atoms. The molecule has 3 aromatic carbocycles. The van der Waals surface area contributed by atoms with Crippen molar-refractivity contribution in [3.05, 3.63) is 86.3 Å². The summed E-state index contributed by atoms with van der Waals surface area (Å²) in [5.41, 5.74) is 5.03. The van der Waals surface area contributed by atoms with E-state index in [0.717, 1.165) is 39.4 Å². The number of carbonyl (C=O) groups excluding carboxylic acids is 2. The van der Waals surface area contributed by atoms with E-state index in [1.165, 1.54) is 6.92 Å². The van der Waals surface area contributed by atoms with E-state index in [-0.39, 0.29) is 28.8 Å². The van der Waals surface area contributed by atoms with E-state index >= 15 is 0 Å². The van der Waals surface area contributed by atoms with Crippen LogP contribution in [0.15, 0.2) is 64.8 Å². The van der Waals surface area contributed by atoms with Crippen LogP contribution >= 0.6 is 11.3 Å². The van der Waals surface area contributed by atoms with E-state index in [4.69, 9.17) is 19.2 Å². The molecule has 1 aliphatic carbocycles. The highest BCUT2D eigenvalue weighted by atomic mass is 32.1. The molecule has 2 amide bonds. The van der Waals surface area contributed by atoms with Gasteiger partial charge in [0.05, 0.1) is 43.8 Å². The summed E-state index contributed by atoms with van der Waals surface area (Å²) in [4.78, 5) is 44.6. The summed E-state index contributed by atoms with van der Waals surface area (Å²) in [7, 11) is 4.68. The van der Waals surface area contributed by atoms with Gasteiger partial charge in [-0.1, -0.05) is 56.7 Å². The molecule has 0 fully saturated rings. The van der Waals surface area contributed by atoms with Gasteiger partial charge < -0.3 is 30.2 Å². The van der Waals surface area contributed by atoms with E-state index < -0.39 is 12.1 Å². The minimum Gasteiger partial charge on any atom is -0.493 e. The van der Waals surface area contributed by atoms with Crippen LogP contribution in [0.1, 0.15) is 55.8 Å². The maximum atomic E-state index is 13.9. The first-order valence-corrected chi connectivity index (χ1v) is 17.4. The Morgan fingerprint density at radius 2 is 1.78 bits per heavy atom. The van der Waals surface area contributed by atoms with Gasteiger partial charge in [-0.15, -0.1) is 11.3 Å². The zero-order valence-corrected chi connectivity index (χ0v) is 29.7. The van der Waals surface area contributed by atoms with Gasteiger partial charge in [-0.3, -0.25) is 14.4 Å². The molecule has 1 aliphatic rings. The summed E-state index contributed by atoms with van der Waals surface area (Å²) >= 11 is 1.57.